The highest BCUT2D eigenvalue weighted by atomic mass is 35.5. The van der Waals surface area contributed by atoms with Crippen molar-refractivity contribution < 1.29 is 9.53 Å². The zero-order chi connectivity index (χ0) is 27.7. The molecule has 0 radical (unpaired) electrons. The van der Waals surface area contributed by atoms with Gasteiger partial charge in [-0.1, -0.05) is 29.8 Å². The largest absolute Gasteiger partial charge is 0.375 e. The van der Waals surface area contributed by atoms with Crippen LogP contribution in [0.25, 0.3) is 5.69 Å². The van der Waals surface area contributed by atoms with Gasteiger partial charge in [-0.2, -0.15) is 0 Å². The molecule has 5 rings (SSSR count). The second-order valence-electron chi connectivity index (χ2n) is 9.59. The summed E-state index contributed by atoms with van der Waals surface area (Å²) in [5.41, 5.74) is 7.65. The van der Waals surface area contributed by atoms with Gasteiger partial charge in [-0.25, -0.2) is 0 Å². The molecule has 2 aromatic carbocycles. The Balaban J connectivity index is 1.62. The summed E-state index contributed by atoms with van der Waals surface area (Å²) in [6, 6.07) is 21.5. The van der Waals surface area contributed by atoms with Crippen molar-refractivity contribution in [1.82, 2.24) is 14.9 Å². The molecule has 9 heteroatoms. The molecule has 0 spiro atoms. The zero-order valence-corrected chi connectivity index (χ0v) is 23.8. The number of anilines is 2. The van der Waals surface area contributed by atoms with Crippen LogP contribution in [0.3, 0.4) is 0 Å². The number of hydrogen-bond donors (Lipinski definition) is 2. The molecule has 2 atom stereocenters. The van der Waals surface area contributed by atoms with E-state index in [0.29, 0.717) is 10.1 Å². The molecule has 1 amide bonds. The lowest BCUT2D eigenvalue weighted by atomic mass is 9.96. The monoisotopic (exact) mass is 559 g/mol. The summed E-state index contributed by atoms with van der Waals surface area (Å²) in [4.78, 5) is 18.9. The SMILES string of the molecule is COCC(=O)Nc1ccc(N2C(=S)N[C@@H](c3ccccn3)[C@H]2c2cc(C)n(-c3ccccc3Cl)c2C)cc1C. The molecule has 39 heavy (non-hydrogen) atoms. The van der Waals surface area contributed by atoms with E-state index >= 15 is 0 Å². The molecule has 1 aliphatic rings. The van der Waals surface area contributed by atoms with Crippen LogP contribution in [0.5, 0.6) is 0 Å². The van der Waals surface area contributed by atoms with Crippen LogP contribution in [0, 0.1) is 20.8 Å². The lowest BCUT2D eigenvalue weighted by Gasteiger charge is -2.29. The van der Waals surface area contributed by atoms with Gasteiger partial charge >= 0.3 is 0 Å². The maximum Gasteiger partial charge on any atom is 0.250 e. The average Bonchev–Trinajstić information content (AvgIpc) is 3.41. The number of hydrogen-bond acceptors (Lipinski definition) is 4. The van der Waals surface area contributed by atoms with Crippen LogP contribution in [0.15, 0.2) is 72.9 Å². The molecular formula is C30H30ClN5O2S. The maximum absolute atomic E-state index is 12.1. The molecule has 2 aromatic heterocycles. The molecule has 4 aromatic rings. The highest BCUT2D eigenvalue weighted by molar-refractivity contribution is 7.80. The van der Waals surface area contributed by atoms with Crippen LogP contribution >= 0.6 is 23.8 Å². The fraction of sp³-hybridized carbons (Fsp3) is 0.233. The fourth-order valence-corrected chi connectivity index (χ4v) is 5.86. The van der Waals surface area contributed by atoms with Gasteiger partial charge in [0, 0.05) is 36.1 Å². The second kappa shape index (κ2) is 11.2. The van der Waals surface area contributed by atoms with Gasteiger partial charge in [0.2, 0.25) is 5.91 Å². The first kappa shape index (κ1) is 26.9. The van der Waals surface area contributed by atoms with Crippen molar-refractivity contribution in [2.45, 2.75) is 32.9 Å². The third-order valence-corrected chi connectivity index (χ3v) is 7.65. The fourth-order valence-electron chi connectivity index (χ4n) is 5.30. The molecule has 0 bridgehead atoms. The molecule has 7 nitrogen and oxygen atoms in total. The van der Waals surface area contributed by atoms with Crippen molar-refractivity contribution >= 4 is 46.2 Å². The third kappa shape index (κ3) is 5.15. The number of rotatable bonds is 7. The Morgan fingerprint density at radius 1 is 1.10 bits per heavy atom. The third-order valence-electron chi connectivity index (χ3n) is 7.02. The summed E-state index contributed by atoms with van der Waals surface area (Å²) in [5, 5.41) is 7.73. The van der Waals surface area contributed by atoms with E-state index in [2.05, 4.69) is 45.0 Å². The highest BCUT2D eigenvalue weighted by Crippen LogP contribution is 2.44. The molecule has 0 unspecified atom stereocenters. The smallest absolute Gasteiger partial charge is 0.250 e. The number of ether oxygens (including phenoxy) is 1. The quantitative estimate of drug-likeness (QED) is 0.262. The van der Waals surface area contributed by atoms with Gasteiger partial charge < -0.3 is 24.8 Å². The van der Waals surface area contributed by atoms with Crippen LogP contribution in [0.4, 0.5) is 11.4 Å². The number of nitrogens with zero attached hydrogens (tertiary/aromatic N) is 3. The van der Waals surface area contributed by atoms with E-state index in [1.807, 2.05) is 67.6 Å². The predicted molar refractivity (Wildman–Crippen MR) is 160 cm³/mol. The summed E-state index contributed by atoms with van der Waals surface area (Å²) < 4.78 is 7.14. The standard InChI is InChI=1S/C30H30ClN5O2S/c1-18-15-21(12-13-24(18)33-27(37)17-38-4)36-29(28(34-30(36)39)25-10-7-8-14-32-25)22-16-19(2)35(20(22)3)26-11-6-5-9-23(26)31/h5-16,28-29H,17H2,1-4H3,(H,33,37)(H,34,39)/t28-,29+/m0/s1. The van der Waals surface area contributed by atoms with E-state index in [1.165, 1.54) is 7.11 Å². The number of nitrogens with one attached hydrogen (secondary N) is 2. The summed E-state index contributed by atoms with van der Waals surface area (Å²) in [6.07, 6.45) is 1.80. The molecular weight excluding hydrogens is 530 g/mol. The number of methoxy groups -OCH3 is 1. The van der Waals surface area contributed by atoms with E-state index in [1.54, 1.807) is 6.20 Å². The Morgan fingerprint density at radius 3 is 2.56 bits per heavy atom. The minimum Gasteiger partial charge on any atom is -0.375 e. The van der Waals surface area contributed by atoms with Crippen molar-refractivity contribution in [2.24, 2.45) is 0 Å². The predicted octanol–water partition coefficient (Wildman–Crippen LogP) is 6.21. The number of pyridine rings is 1. The molecule has 1 saturated heterocycles. The van der Waals surface area contributed by atoms with Gasteiger partial charge in [-0.05, 0) is 92.6 Å². The molecule has 0 saturated carbocycles. The number of carbonyl (C=O) groups excluding carboxylic acids is 1. The Morgan fingerprint density at radius 2 is 1.87 bits per heavy atom. The number of benzene rings is 2. The van der Waals surface area contributed by atoms with Crippen LogP contribution < -0.4 is 15.5 Å². The van der Waals surface area contributed by atoms with E-state index in [-0.39, 0.29) is 24.6 Å². The number of para-hydroxylation sites is 1. The summed E-state index contributed by atoms with van der Waals surface area (Å²) in [6.45, 7) is 6.16. The average molecular weight is 560 g/mol. The molecule has 1 aliphatic heterocycles. The zero-order valence-electron chi connectivity index (χ0n) is 22.2. The van der Waals surface area contributed by atoms with Crippen molar-refractivity contribution in [3.05, 3.63) is 106 Å². The summed E-state index contributed by atoms with van der Waals surface area (Å²) >= 11 is 12.5. The normalized spacial score (nSPS) is 16.8. The minimum absolute atomic E-state index is 0.00377. The van der Waals surface area contributed by atoms with Crippen LogP contribution in [-0.2, 0) is 9.53 Å². The van der Waals surface area contributed by atoms with Crippen LogP contribution in [-0.4, -0.2) is 34.3 Å². The van der Waals surface area contributed by atoms with Gasteiger partial charge in [0.15, 0.2) is 5.11 Å². The summed E-state index contributed by atoms with van der Waals surface area (Å²) in [5.74, 6) is -0.202. The number of carbonyl (C=O) groups is 1. The van der Waals surface area contributed by atoms with Gasteiger partial charge in [0.25, 0.3) is 0 Å². The van der Waals surface area contributed by atoms with Gasteiger partial charge in [0.05, 0.1) is 28.5 Å². The topological polar surface area (TPSA) is 71.4 Å². The number of halogens is 1. The van der Waals surface area contributed by atoms with Crippen LogP contribution in [0.1, 0.15) is 40.3 Å². The summed E-state index contributed by atoms with van der Waals surface area (Å²) in [7, 11) is 1.50. The Labute approximate surface area is 238 Å². The first-order chi connectivity index (χ1) is 18.8. The van der Waals surface area contributed by atoms with E-state index in [0.717, 1.165) is 45.3 Å². The van der Waals surface area contributed by atoms with Crippen LogP contribution in [0.2, 0.25) is 5.02 Å². The minimum atomic E-state index is -0.202. The molecule has 0 aliphatic carbocycles. The Bertz CT molecular complexity index is 1540. The lowest BCUT2D eigenvalue weighted by molar-refractivity contribution is -0.119. The van der Waals surface area contributed by atoms with E-state index < -0.39 is 0 Å². The Kier molecular flexibility index (Phi) is 7.70. The van der Waals surface area contributed by atoms with E-state index in [9.17, 15) is 4.79 Å². The van der Waals surface area contributed by atoms with Gasteiger partial charge in [0.1, 0.15) is 6.61 Å². The molecule has 200 valence electrons. The number of amides is 1. The highest BCUT2D eigenvalue weighted by Gasteiger charge is 2.42. The van der Waals surface area contributed by atoms with Crippen molar-refractivity contribution in [3.8, 4) is 5.69 Å². The van der Waals surface area contributed by atoms with Gasteiger partial charge in [-0.3, -0.25) is 9.78 Å². The van der Waals surface area contributed by atoms with Crippen molar-refractivity contribution in [1.29, 1.82) is 0 Å². The second-order valence-corrected chi connectivity index (χ2v) is 10.4. The first-order valence-corrected chi connectivity index (χ1v) is 13.4. The van der Waals surface area contributed by atoms with Gasteiger partial charge in [-0.15, -0.1) is 0 Å². The Hall–Kier alpha value is -3.72. The number of aromatic nitrogens is 2. The molecule has 1 fully saturated rings. The molecule has 3 heterocycles. The number of thiocarbonyl (C=S) groups is 1. The first-order valence-electron chi connectivity index (χ1n) is 12.6. The molecule has 2 N–H and O–H groups in total. The van der Waals surface area contributed by atoms with Crippen molar-refractivity contribution in [2.75, 3.05) is 23.9 Å². The number of aryl methyl sites for hydroxylation is 2. The van der Waals surface area contributed by atoms with Crippen molar-refractivity contribution in [3.63, 3.8) is 0 Å². The van der Waals surface area contributed by atoms with E-state index in [4.69, 9.17) is 28.6 Å². The lowest BCUT2D eigenvalue weighted by Crippen LogP contribution is -2.29. The maximum atomic E-state index is 12.1.